The Kier molecular flexibility index (Phi) is 2.79. The molecule has 0 atom stereocenters. The van der Waals surface area contributed by atoms with E-state index < -0.39 is 0 Å². The third-order valence-corrected chi connectivity index (χ3v) is 2.89. The van der Waals surface area contributed by atoms with Crippen molar-refractivity contribution in [2.45, 2.75) is 6.42 Å². The fourth-order valence-electron chi connectivity index (χ4n) is 1.95. The zero-order chi connectivity index (χ0) is 14.1. The second kappa shape index (κ2) is 4.61. The van der Waals surface area contributed by atoms with Crippen molar-refractivity contribution in [2.75, 3.05) is 17.2 Å². The minimum atomic E-state index is 0.0551. The molecule has 0 bridgehead atoms. The van der Waals surface area contributed by atoms with Crippen LogP contribution in [0, 0.1) is 0 Å². The number of nitrogens with two attached hydrogens (primary N) is 3. The zero-order valence-electron chi connectivity index (χ0n) is 10.6. The molecule has 2 heterocycles. The standard InChI is InChI=1S/C13H13N7/c14-10-8(6-7-4-2-1-3-5-7)17-9-11(15)19-13(16)20-12(9)18-10/h1-5H,6H2,(H6,14,15,16,18,19,20). The van der Waals surface area contributed by atoms with Gasteiger partial charge in [-0.05, 0) is 5.56 Å². The van der Waals surface area contributed by atoms with Crippen molar-refractivity contribution in [3.8, 4) is 0 Å². The molecule has 0 aliphatic carbocycles. The van der Waals surface area contributed by atoms with Gasteiger partial charge in [0.2, 0.25) is 5.95 Å². The number of fused-ring (bicyclic) bond motifs is 1. The summed E-state index contributed by atoms with van der Waals surface area (Å²) in [7, 11) is 0. The van der Waals surface area contributed by atoms with Crippen molar-refractivity contribution in [2.24, 2.45) is 0 Å². The number of anilines is 3. The smallest absolute Gasteiger partial charge is 0.224 e. The van der Waals surface area contributed by atoms with Gasteiger partial charge in [0.25, 0.3) is 0 Å². The van der Waals surface area contributed by atoms with E-state index >= 15 is 0 Å². The molecule has 2 aromatic heterocycles. The van der Waals surface area contributed by atoms with Gasteiger partial charge in [-0.1, -0.05) is 30.3 Å². The van der Waals surface area contributed by atoms with E-state index in [9.17, 15) is 0 Å². The summed E-state index contributed by atoms with van der Waals surface area (Å²) in [4.78, 5) is 16.5. The lowest BCUT2D eigenvalue weighted by atomic mass is 10.1. The number of aromatic nitrogens is 4. The molecule has 0 radical (unpaired) electrons. The van der Waals surface area contributed by atoms with Crippen LogP contribution in [0.25, 0.3) is 11.2 Å². The van der Waals surface area contributed by atoms with Gasteiger partial charge in [-0.2, -0.15) is 9.97 Å². The Balaban J connectivity index is 2.10. The minimum Gasteiger partial charge on any atom is -0.382 e. The highest BCUT2D eigenvalue weighted by molar-refractivity contribution is 5.83. The number of nitrogens with zero attached hydrogens (tertiary/aromatic N) is 4. The van der Waals surface area contributed by atoms with Gasteiger partial charge in [0.05, 0.1) is 5.69 Å². The van der Waals surface area contributed by atoms with E-state index in [0.717, 1.165) is 5.56 Å². The van der Waals surface area contributed by atoms with Crippen molar-refractivity contribution < 1.29 is 0 Å². The number of hydrogen-bond donors (Lipinski definition) is 3. The third kappa shape index (κ3) is 2.16. The number of rotatable bonds is 2. The molecule has 0 aliphatic heterocycles. The predicted molar refractivity (Wildman–Crippen MR) is 77.6 cm³/mol. The van der Waals surface area contributed by atoms with Crippen LogP contribution < -0.4 is 17.2 Å². The van der Waals surface area contributed by atoms with Crippen molar-refractivity contribution in [3.63, 3.8) is 0 Å². The highest BCUT2D eigenvalue weighted by atomic mass is 15.1. The van der Waals surface area contributed by atoms with E-state index in [-0.39, 0.29) is 11.8 Å². The summed E-state index contributed by atoms with van der Waals surface area (Å²) in [6.45, 7) is 0. The van der Waals surface area contributed by atoms with Crippen molar-refractivity contribution in [1.29, 1.82) is 0 Å². The topological polar surface area (TPSA) is 130 Å². The van der Waals surface area contributed by atoms with Crippen LogP contribution >= 0.6 is 0 Å². The first-order chi connectivity index (χ1) is 9.63. The van der Waals surface area contributed by atoms with Gasteiger partial charge >= 0.3 is 0 Å². The maximum Gasteiger partial charge on any atom is 0.224 e. The molecule has 100 valence electrons. The Bertz CT molecular complexity index is 771. The molecule has 7 heteroatoms. The molecule has 0 amide bonds. The van der Waals surface area contributed by atoms with Gasteiger partial charge in [-0.25, -0.2) is 9.97 Å². The van der Waals surface area contributed by atoms with Crippen LogP contribution in [0.2, 0.25) is 0 Å². The van der Waals surface area contributed by atoms with E-state index in [2.05, 4.69) is 19.9 Å². The molecule has 0 saturated heterocycles. The third-order valence-electron chi connectivity index (χ3n) is 2.89. The molecular formula is C13H13N7. The first-order valence-corrected chi connectivity index (χ1v) is 6.02. The van der Waals surface area contributed by atoms with Gasteiger partial charge in [0, 0.05) is 6.42 Å². The summed E-state index contributed by atoms with van der Waals surface area (Å²) in [6.07, 6.45) is 0.569. The number of benzene rings is 1. The Hall–Kier alpha value is -2.96. The minimum absolute atomic E-state index is 0.0551. The summed E-state index contributed by atoms with van der Waals surface area (Å²) in [5, 5.41) is 0. The van der Waals surface area contributed by atoms with Gasteiger partial charge in [0.1, 0.15) is 5.82 Å². The zero-order valence-corrected chi connectivity index (χ0v) is 10.6. The molecule has 0 spiro atoms. The molecule has 0 aliphatic rings. The van der Waals surface area contributed by atoms with Crippen molar-refractivity contribution in [3.05, 3.63) is 41.6 Å². The average molecular weight is 267 g/mol. The summed E-state index contributed by atoms with van der Waals surface area (Å²) in [5.41, 5.74) is 19.7. The summed E-state index contributed by atoms with van der Waals surface area (Å²) in [5.74, 6) is 0.577. The van der Waals surface area contributed by atoms with Gasteiger partial charge in [-0.3, -0.25) is 0 Å². The fourth-order valence-corrected chi connectivity index (χ4v) is 1.95. The van der Waals surface area contributed by atoms with E-state index in [4.69, 9.17) is 17.2 Å². The van der Waals surface area contributed by atoms with Crippen LogP contribution in [0.3, 0.4) is 0 Å². The van der Waals surface area contributed by atoms with Crippen LogP contribution in [0.4, 0.5) is 17.6 Å². The van der Waals surface area contributed by atoms with Gasteiger partial charge in [-0.15, -0.1) is 0 Å². The summed E-state index contributed by atoms with van der Waals surface area (Å²) in [6, 6.07) is 9.85. The average Bonchev–Trinajstić information content (AvgIpc) is 2.41. The second-order valence-corrected chi connectivity index (χ2v) is 4.36. The first kappa shape index (κ1) is 12.1. The second-order valence-electron chi connectivity index (χ2n) is 4.36. The first-order valence-electron chi connectivity index (χ1n) is 6.02. The molecule has 1 aromatic carbocycles. The van der Waals surface area contributed by atoms with E-state index in [1.807, 2.05) is 30.3 Å². The molecule has 0 unspecified atom stereocenters. The molecule has 3 aromatic rings. The quantitative estimate of drug-likeness (QED) is 0.624. The maximum atomic E-state index is 5.92. The highest BCUT2D eigenvalue weighted by Gasteiger charge is 2.11. The lowest BCUT2D eigenvalue weighted by Crippen LogP contribution is -2.08. The number of hydrogen-bond acceptors (Lipinski definition) is 7. The Morgan fingerprint density at radius 3 is 2.30 bits per heavy atom. The Morgan fingerprint density at radius 2 is 1.55 bits per heavy atom. The largest absolute Gasteiger partial charge is 0.382 e. The van der Waals surface area contributed by atoms with Crippen LogP contribution in [0.5, 0.6) is 0 Å². The summed E-state index contributed by atoms with van der Waals surface area (Å²) < 4.78 is 0. The molecule has 0 saturated carbocycles. The maximum absolute atomic E-state index is 5.92. The lowest BCUT2D eigenvalue weighted by Gasteiger charge is -2.07. The normalized spacial score (nSPS) is 10.8. The Labute approximate surface area is 114 Å². The molecule has 0 fully saturated rings. The molecule has 7 nitrogen and oxygen atoms in total. The summed E-state index contributed by atoms with van der Waals surface area (Å²) >= 11 is 0. The van der Waals surface area contributed by atoms with Crippen LogP contribution in [-0.4, -0.2) is 19.9 Å². The van der Waals surface area contributed by atoms with Gasteiger partial charge in [0.15, 0.2) is 17.0 Å². The van der Waals surface area contributed by atoms with E-state index in [0.29, 0.717) is 29.1 Å². The fraction of sp³-hybridized carbons (Fsp3) is 0.0769. The molecule has 3 rings (SSSR count). The van der Waals surface area contributed by atoms with Crippen molar-refractivity contribution in [1.82, 2.24) is 19.9 Å². The SMILES string of the molecule is Nc1nc(N)c2nc(Cc3ccccc3)c(N)nc2n1. The Morgan fingerprint density at radius 1 is 0.800 bits per heavy atom. The van der Waals surface area contributed by atoms with Crippen LogP contribution in [0.15, 0.2) is 30.3 Å². The molecule has 6 N–H and O–H groups in total. The monoisotopic (exact) mass is 267 g/mol. The lowest BCUT2D eigenvalue weighted by molar-refractivity contribution is 1.06. The predicted octanol–water partition coefficient (Wildman–Crippen LogP) is 0.757. The molecule has 20 heavy (non-hydrogen) atoms. The van der Waals surface area contributed by atoms with E-state index in [1.165, 1.54) is 0 Å². The van der Waals surface area contributed by atoms with Crippen LogP contribution in [0.1, 0.15) is 11.3 Å². The van der Waals surface area contributed by atoms with Crippen molar-refractivity contribution >= 4 is 28.7 Å². The number of nitrogen functional groups attached to an aromatic ring is 3. The van der Waals surface area contributed by atoms with E-state index in [1.54, 1.807) is 0 Å². The molecular weight excluding hydrogens is 254 g/mol. The van der Waals surface area contributed by atoms with Crippen LogP contribution in [-0.2, 0) is 6.42 Å². The highest BCUT2D eigenvalue weighted by Crippen LogP contribution is 2.20. The van der Waals surface area contributed by atoms with Gasteiger partial charge < -0.3 is 17.2 Å².